The number of carbonyl (C=O) groups excluding carboxylic acids is 2. The molecule has 0 fully saturated rings. The van der Waals surface area contributed by atoms with E-state index in [2.05, 4.69) is 21.2 Å². The Labute approximate surface area is 234 Å². The molecule has 1 unspecified atom stereocenters. The van der Waals surface area contributed by atoms with Crippen molar-refractivity contribution in [3.8, 4) is 0 Å². The maximum atomic E-state index is 14.0. The van der Waals surface area contributed by atoms with Crippen LogP contribution in [0.15, 0.2) is 83.3 Å². The highest BCUT2D eigenvalue weighted by Crippen LogP contribution is 2.25. The van der Waals surface area contributed by atoms with Crippen LogP contribution in [-0.2, 0) is 39.0 Å². The number of rotatable bonds is 12. The number of sulfonamides is 1. The van der Waals surface area contributed by atoms with Crippen molar-refractivity contribution < 1.29 is 18.0 Å². The molecule has 2 amide bonds. The molecule has 0 radical (unpaired) electrons. The normalized spacial score (nSPS) is 12.0. The smallest absolute Gasteiger partial charge is 0.244 e. The van der Waals surface area contributed by atoms with E-state index in [9.17, 15) is 18.0 Å². The number of hydrogen-bond acceptors (Lipinski definition) is 4. The van der Waals surface area contributed by atoms with Crippen molar-refractivity contribution in [2.75, 3.05) is 23.7 Å². The number of likely N-dealkylation sites (N-methyl/N-ethyl adjacent to an activating group) is 1. The third-order valence-electron chi connectivity index (χ3n) is 6.21. The van der Waals surface area contributed by atoms with Crippen LogP contribution in [0.5, 0.6) is 0 Å². The van der Waals surface area contributed by atoms with Crippen molar-refractivity contribution in [1.82, 2.24) is 10.2 Å². The van der Waals surface area contributed by atoms with Crippen molar-refractivity contribution in [3.63, 3.8) is 0 Å². The Balaban J connectivity index is 2.05. The molecule has 1 atom stereocenters. The summed E-state index contributed by atoms with van der Waals surface area (Å²) in [5, 5.41) is 2.86. The van der Waals surface area contributed by atoms with Crippen LogP contribution in [0.1, 0.15) is 30.5 Å². The average molecular weight is 601 g/mol. The Morgan fingerprint density at radius 1 is 0.895 bits per heavy atom. The van der Waals surface area contributed by atoms with Crippen LogP contribution < -0.4 is 9.62 Å². The van der Waals surface area contributed by atoms with E-state index in [4.69, 9.17) is 0 Å². The van der Waals surface area contributed by atoms with E-state index in [1.165, 1.54) is 4.90 Å². The molecule has 0 saturated carbocycles. The summed E-state index contributed by atoms with van der Waals surface area (Å²) < 4.78 is 27.9. The molecule has 7 nitrogen and oxygen atoms in total. The van der Waals surface area contributed by atoms with Crippen LogP contribution in [0.4, 0.5) is 5.69 Å². The van der Waals surface area contributed by atoms with Gasteiger partial charge in [0.15, 0.2) is 0 Å². The van der Waals surface area contributed by atoms with Gasteiger partial charge < -0.3 is 10.2 Å². The van der Waals surface area contributed by atoms with Crippen molar-refractivity contribution in [1.29, 1.82) is 0 Å². The second kappa shape index (κ2) is 13.6. The van der Waals surface area contributed by atoms with Gasteiger partial charge in [-0.05, 0) is 48.2 Å². The van der Waals surface area contributed by atoms with Gasteiger partial charge in [-0.25, -0.2) is 8.42 Å². The van der Waals surface area contributed by atoms with Crippen molar-refractivity contribution in [3.05, 3.63) is 100 Å². The van der Waals surface area contributed by atoms with Crippen LogP contribution >= 0.6 is 15.9 Å². The number of nitrogens with zero attached hydrogens (tertiary/aromatic N) is 2. The van der Waals surface area contributed by atoms with Crippen LogP contribution in [0.2, 0.25) is 0 Å². The molecule has 0 aliphatic rings. The van der Waals surface area contributed by atoms with Gasteiger partial charge in [0.05, 0.1) is 11.9 Å². The highest BCUT2D eigenvalue weighted by atomic mass is 79.9. The van der Waals surface area contributed by atoms with E-state index < -0.39 is 28.5 Å². The molecule has 0 aliphatic carbocycles. The van der Waals surface area contributed by atoms with E-state index in [-0.39, 0.29) is 12.5 Å². The molecule has 202 valence electrons. The molecule has 1 N–H and O–H groups in total. The second-order valence-corrected chi connectivity index (χ2v) is 11.8. The minimum Gasteiger partial charge on any atom is -0.355 e. The molecular weight excluding hydrogens is 566 g/mol. The zero-order valence-corrected chi connectivity index (χ0v) is 24.3. The van der Waals surface area contributed by atoms with Gasteiger partial charge in [-0.2, -0.15) is 0 Å². The first-order valence-electron chi connectivity index (χ1n) is 12.5. The third-order valence-corrected chi connectivity index (χ3v) is 7.86. The SMILES string of the molecule is CCNC(=O)C(Cc1ccccc1)N(Cc1ccc(Br)cc1)C(=O)CN(c1ccccc1CC)S(C)(=O)=O. The van der Waals surface area contributed by atoms with Crippen LogP contribution in [-0.4, -0.2) is 50.5 Å². The molecule has 0 aliphatic heterocycles. The summed E-state index contributed by atoms with van der Waals surface area (Å²) in [5.41, 5.74) is 3.00. The topological polar surface area (TPSA) is 86.8 Å². The Hall–Kier alpha value is -3.17. The van der Waals surface area contributed by atoms with E-state index in [0.717, 1.165) is 31.7 Å². The lowest BCUT2D eigenvalue weighted by molar-refractivity contribution is -0.140. The fraction of sp³-hybridized carbons (Fsp3) is 0.310. The predicted molar refractivity (Wildman–Crippen MR) is 155 cm³/mol. The van der Waals surface area contributed by atoms with E-state index in [1.807, 2.05) is 80.6 Å². The van der Waals surface area contributed by atoms with E-state index in [1.54, 1.807) is 12.1 Å². The summed E-state index contributed by atoms with van der Waals surface area (Å²) in [5.74, 6) is -0.752. The highest BCUT2D eigenvalue weighted by Gasteiger charge is 2.33. The van der Waals surface area contributed by atoms with Gasteiger partial charge in [0.1, 0.15) is 12.6 Å². The summed E-state index contributed by atoms with van der Waals surface area (Å²) in [4.78, 5) is 28.9. The van der Waals surface area contributed by atoms with Gasteiger partial charge in [-0.15, -0.1) is 0 Å². The number of hydrogen-bond donors (Lipinski definition) is 1. The molecule has 0 saturated heterocycles. The fourth-order valence-electron chi connectivity index (χ4n) is 4.28. The molecule has 0 spiro atoms. The molecule has 3 aromatic rings. The number of benzene rings is 3. The van der Waals surface area contributed by atoms with Gasteiger partial charge in [0.25, 0.3) is 0 Å². The number of carbonyl (C=O) groups is 2. The first-order chi connectivity index (χ1) is 18.1. The first-order valence-corrected chi connectivity index (χ1v) is 15.2. The Morgan fingerprint density at radius 2 is 1.53 bits per heavy atom. The van der Waals surface area contributed by atoms with Crippen molar-refractivity contribution in [2.45, 2.75) is 39.3 Å². The summed E-state index contributed by atoms with van der Waals surface area (Å²) >= 11 is 3.43. The van der Waals surface area contributed by atoms with Crippen LogP contribution in [0.25, 0.3) is 0 Å². The van der Waals surface area contributed by atoms with E-state index >= 15 is 0 Å². The monoisotopic (exact) mass is 599 g/mol. The summed E-state index contributed by atoms with van der Waals surface area (Å²) in [6.45, 7) is 3.89. The zero-order valence-electron chi connectivity index (χ0n) is 21.9. The fourth-order valence-corrected chi connectivity index (χ4v) is 5.43. The lowest BCUT2D eigenvalue weighted by atomic mass is 10.0. The molecule has 0 aromatic heterocycles. The molecule has 3 aromatic carbocycles. The molecule has 0 heterocycles. The quantitative estimate of drug-likeness (QED) is 0.331. The molecule has 9 heteroatoms. The lowest BCUT2D eigenvalue weighted by Gasteiger charge is -2.33. The number of aryl methyl sites for hydroxylation is 1. The molecule has 3 rings (SSSR count). The van der Waals surface area contributed by atoms with Crippen molar-refractivity contribution in [2.24, 2.45) is 0 Å². The van der Waals surface area contributed by atoms with Gasteiger partial charge in [0.2, 0.25) is 21.8 Å². The average Bonchev–Trinajstić information content (AvgIpc) is 2.90. The summed E-state index contributed by atoms with van der Waals surface area (Å²) in [6.07, 6.45) is 1.99. The van der Waals surface area contributed by atoms with Gasteiger partial charge >= 0.3 is 0 Å². The Bertz CT molecular complexity index is 1330. The number of amides is 2. The summed E-state index contributed by atoms with van der Waals surface area (Å²) in [7, 11) is -3.79. The molecule has 38 heavy (non-hydrogen) atoms. The number of nitrogens with one attached hydrogen (secondary N) is 1. The largest absolute Gasteiger partial charge is 0.355 e. The summed E-state index contributed by atoms with van der Waals surface area (Å²) in [6, 6.07) is 23.3. The lowest BCUT2D eigenvalue weighted by Crippen LogP contribution is -2.53. The Kier molecular flexibility index (Phi) is 10.5. The first kappa shape index (κ1) is 29.4. The predicted octanol–water partition coefficient (Wildman–Crippen LogP) is 4.55. The molecule has 0 bridgehead atoms. The zero-order chi connectivity index (χ0) is 27.7. The van der Waals surface area contributed by atoms with Crippen LogP contribution in [0.3, 0.4) is 0 Å². The minimum absolute atomic E-state index is 0.147. The van der Waals surface area contributed by atoms with Crippen molar-refractivity contribution >= 4 is 43.5 Å². The standard InChI is InChI=1S/C29H34BrN3O4S/c1-4-24-13-9-10-14-26(24)33(38(3,36)37)21-28(34)32(20-23-15-17-25(30)18-16-23)27(29(35)31-5-2)19-22-11-7-6-8-12-22/h6-18,27H,4-5,19-21H2,1-3H3,(H,31,35). The molecular formula is C29H34BrN3O4S. The second-order valence-electron chi connectivity index (χ2n) is 9.00. The van der Waals surface area contributed by atoms with Gasteiger partial charge in [-0.3, -0.25) is 13.9 Å². The minimum atomic E-state index is -3.79. The van der Waals surface area contributed by atoms with E-state index in [0.29, 0.717) is 25.1 Å². The third kappa shape index (κ3) is 7.91. The number of halogens is 1. The van der Waals surface area contributed by atoms with Gasteiger partial charge in [0, 0.05) is 24.0 Å². The number of para-hydroxylation sites is 1. The van der Waals surface area contributed by atoms with Gasteiger partial charge in [-0.1, -0.05) is 83.5 Å². The maximum absolute atomic E-state index is 14.0. The Morgan fingerprint density at radius 3 is 2.13 bits per heavy atom. The highest BCUT2D eigenvalue weighted by molar-refractivity contribution is 9.10. The number of anilines is 1. The van der Waals surface area contributed by atoms with Crippen LogP contribution in [0, 0.1) is 0 Å². The maximum Gasteiger partial charge on any atom is 0.244 e.